The molecule has 132 valence electrons. The monoisotopic (exact) mass is 371 g/mol. The van der Waals surface area contributed by atoms with Gasteiger partial charge in [0.05, 0.1) is 0 Å². The average Bonchev–Trinajstić information content (AvgIpc) is 3.05. The molecule has 0 radical (unpaired) electrons. The van der Waals surface area contributed by atoms with Crippen molar-refractivity contribution in [3.8, 4) is 11.1 Å². The van der Waals surface area contributed by atoms with E-state index >= 15 is 0 Å². The number of aromatic nitrogens is 4. The molecule has 0 aliphatic carbocycles. The maximum Gasteiger partial charge on any atom is 0.356 e. The zero-order valence-corrected chi connectivity index (χ0v) is 14.4. The fraction of sp³-hybridized carbons (Fsp3) is 0.118. The number of anilines is 1. The highest BCUT2D eigenvalue weighted by Gasteiger charge is 2.22. The van der Waals surface area contributed by atoms with E-state index in [1.165, 1.54) is 12.4 Å². The van der Waals surface area contributed by atoms with Crippen LogP contribution < -0.4 is 5.32 Å². The van der Waals surface area contributed by atoms with Crippen molar-refractivity contribution in [2.45, 2.75) is 13.3 Å². The maximum absolute atomic E-state index is 12.5. The number of amides is 1. The van der Waals surface area contributed by atoms with Crippen molar-refractivity contribution in [3.05, 3.63) is 58.8 Å². The minimum absolute atomic E-state index is 0.274. The summed E-state index contributed by atoms with van der Waals surface area (Å²) in [6.45, 7) is 1.95. The van der Waals surface area contributed by atoms with E-state index in [1.54, 1.807) is 12.1 Å². The van der Waals surface area contributed by atoms with Crippen LogP contribution in [0.5, 0.6) is 0 Å². The van der Waals surface area contributed by atoms with Gasteiger partial charge in [-0.05, 0) is 24.1 Å². The second-order valence-electron chi connectivity index (χ2n) is 5.30. The van der Waals surface area contributed by atoms with Gasteiger partial charge in [-0.25, -0.2) is 14.8 Å². The van der Waals surface area contributed by atoms with Crippen molar-refractivity contribution in [2.24, 2.45) is 0 Å². The van der Waals surface area contributed by atoms with Gasteiger partial charge in [-0.1, -0.05) is 30.7 Å². The van der Waals surface area contributed by atoms with Crippen molar-refractivity contribution >= 4 is 29.3 Å². The Balaban J connectivity index is 1.99. The molecule has 0 aliphatic rings. The Hall–Kier alpha value is -3.26. The zero-order chi connectivity index (χ0) is 18.7. The Morgan fingerprint density at radius 1 is 1.15 bits per heavy atom. The molecule has 1 amide bonds. The number of hydrogen-bond donors (Lipinski definition) is 3. The van der Waals surface area contributed by atoms with Crippen LogP contribution in [0, 0.1) is 0 Å². The number of halogens is 1. The fourth-order valence-corrected chi connectivity index (χ4v) is 2.61. The predicted octanol–water partition coefficient (Wildman–Crippen LogP) is 3.03. The number of nitrogens with one attached hydrogen (secondary N) is 2. The molecule has 1 aromatic carbocycles. The van der Waals surface area contributed by atoms with Crippen molar-refractivity contribution < 1.29 is 14.7 Å². The van der Waals surface area contributed by atoms with Gasteiger partial charge in [0, 0.05) is 28.7 Å². The van der Waals surface area contributed by atoms with Crippen molar-refractivity contribution in [3.63, 3.8) is 0 Å². The first-order chi connectivity index (χ1) is 12.5. The molecule has 3 aromatic rings. The molecule has 8 nitrogen and oxygen atoms in total. The molecular formula is C17H14ClN5O3. The molecule has 0 unspecified atom stereocenters. The number of aromatic carboxylic acids is 1. The molecule has 26 heavy (non-hydrogen) atoms. The first-order valence-corrected chi connectivity index (χ1v) is 8.07. The van der Waals surface area contributed by atoms with E-state index < -0.39 is 17.6 Å². The van der Waals surface area contributed by atoms with Gasteiger partial charge in [0.15, 0.2) is 17.2 Å². The lowest BCUT2D eigenvalue weighted by Gasteiger charge is -2.08. The van der Waals surface area contributed by atoms with E-state index in [0.29, 0.717) is 17.0 Å². The molecule has 0 spiro atoms. The van der Waals surface area contributed by atoms with Crippen molar-refractivity contribution in [1.29, 1.82) is 0 Å². The fourth-order valence-electron chi connectivity index (χ4n) is 2.48. The topological polar surface area (TPSA) is 121 Å². The van der Waals surface area contributed by atoms with Crippen molar-refractivity contribution in [1.82, 2.24) is 20.2 Å². The van der Waals surface area contributed by atoms with Gasteiger partial charge in [0.2, 0.25) is 0 Å². The van der Waals surface area contributed by atoms with E-state index in [0.717, 1.165) is 11.3 Å². The van der Waals surface area contributed by atoms with Gasteiger partial charge < -0.3 is 10.4 Å². The molecule has 0 bridgehead atoms. The highest BCUT2D eigenvalue weighted by Crippen LogP contribution is 2.31. The van der Waals surface area contributed by atoms with Gasteiger partial charge in [0.1, 0.15) is 0 Å². The third-order valence-corrected chi connectivity index (χ3v) is 3.93. The number of carboxylic acids is 1. The molecule has 2 aromatic heterocycles. The molecule has 0 atom stereocenters. The van der Waals surface area contributed by atoms with Crippen LogP contribution in [0.2, 0.25) is 5.02 Å². The highest BCUT2D eigenvalue weighted by molar-refractivity contribution is 6.30. The third kappa shape index (κ3) is 3.40. The summed E-state index contributed by atoms with van der Waals surface area (Å²) in [5.41, 5.74) is 1.62. The Bertz CT molecular complexity index is 969. The molecular weight excluding hydrogens is 358 g/mol. The standard InChI is InChI=1S/C17H14ClN5O3/c1-2-11-12(9-3-5-10(18)6-4-9)15(23-22-11)21-16(24)13-14(17(25)26)20-8-7-19-13/h3-8H,2H2,1H3,(H,25,26)(H2,21,22,23,24). The van der Waals surface area contributed by atoms with Gasteiger partial charge >= 0.3 is 5.97 Å². The summed E-state index contributed by atoms with van der Waals surface area (Å²) in [7, 11) is 0. The summed E-state index contributed by atoms with van der Waals surface area (Å²) >= 11 is 5.93. The summed E-state index contributed by atoms with van der Waals surface area (Å²) in [5, 5.41) is 19.4. The lowest BCUT2D eigenvalue weighted by molar-refractivity contribution is 0.0685. The Kier molecular flexibility index (Phi) is 4.94. The maximum atomic E-state index is 12.5. The summed E-state index contributed by atoms with van der Waals surface area (Å²) < 4.78 is 0. The molecule has 0 fully saturated rings. The van der Waals surface area contributed by atoms with Crippen LogP contribution in [-0.2, 0) is 6.42 Å². The second kappa shape index (κ2) is 7.32. The first-order valence-electron chi connectivity index (χ1n) is 7.70. The van der Waals surface area contributed by atoms with E-state index in [4.69, 9.17) is 16.7 Å². The number of hydrogen-bond acceptors (Lipinski definition) is 5. The quantitative estimate of drug-likeness (QED) is 0.633. The van der Waals surface area contributed by atoms with Crippen LogP contribution >= 0.6 is 11.6 Å². The average molecular weight is 372 g/mol. The molecule has 2 heterocycles. The molecule has 9 heteroatoms. The van der Waals surface area contributed by atoms with E-state index in [9.17, 15) is 9.59 Å². The van der Waals surface area contributed by atoms with Crippen LogP contribution in [0.3, 0.4) is 0 Å². The summed E-state index contributed by atoms with van der Waals surface area (Å²) in [6, 6.07) is 7.10. The predicted molar refractivity (Wildman–Crippen MR) is 95.4 cm³/mol. The number of H-pyrrole nitrogens is 1. The van der Waals surface area contributed by atoms with Crippen LogP contribution in [0.1, 0.15) is 33.6 Å². The highest BCUT2D eigenvalue weighted by atomic mass is 35.5. The van der Waals surface area contributed by atoms with Crippen LogP contribution in [-0.4, -0.2) is 37.1 Å². The Morgan fingerprint density at radius 3 is 2.42 bits per heavy atom. The number of carbonyl (C=O) groups excluding carboxylic acids is 1. The van der Waals surface area contributed by atoms with E-state index in [1.807, 2.05) is 19.1 Å². The number of aryl methyl sites for hydroxylation is 1. The molecule has 3 N–H and O–H groups in total. The Labute approximate surface area is 153 Å². The van der Waals surface area contributed by atoms with Crippen molar-refractivity contribution in [2.75, 3.05) is 5.32 Å². The minimum Gasteiger partial charge on any atom is -0.476 e. The Morgan fingerprint density at radius 2 is 1.81 bits per heavy atom. The van der Waals surface area contributed by atoms with Gasteiger partial charge in [-0.15, -0.1) is 0 Å². The van der Waals surface area contributed by atoms with Gasteiger partial charge in [0.25, 0.3) is 5.91 Å². The van der Waals surface area contributed by atoms with Crippen LogP contribution in [0.4, 0.5) is 5.82 Å². The van der Waals surface area contributed by atoms with Gasteiger partial charge in [-0.2, -0.15) is 5.10 Å². The van der Waals surface area contributed by atoms with Crippen LogP contribution in [0.25, 0.3) is 11.1 Å². The summed E-state index contributed by atoms with van der Waals surface area (Å²) in [4.78, 5) is 31.3. The van der Waals surface area contributed by atoms with Gasteiger partial charge in [-0.3, -0.25) is 9.89 Å². The second-order valence-corrected chi connectivity index (χ2v) is 5.74. The lowest BCUT2D eigenvalue weighted by atomic mass is 10.0. The smallest absolute Gasteiger partial charge is 0.356 e. The number of aromatic amines is 1. The number of carbonyl (C=O) groups is 2. The number of benzene rings is 1. The lowest BCUT2D eigenvalue weighted by Crippen LogP contribution is -2.20. The minimum atomic E-state index is -1.34. The largest absolute Gasteiger partial charge is 0.476 e. The first kappa shape index (κ1) is 17.6. The van der Waals surface area contributed by atoms with E-state index in [-0.39, 0.29) is 11.5 Å². The third-order valence-electron chi connectivity index (χ3n) is 3.68. The number of rotatable bonds is 5. The SMILES string of the molecule is CCc1[nH]nc(NC(=O)c2nccnc2C(=O)O)c1-c1ccc(Cl)cc1. The normalized spacial score (nSPS) is 10.5. The summed E-state index contributed by atoms with van der Waals surface area (Å²) in [5.74, 6) is -1.77. The number of nitrogens with zero attached hydrogens (tertiary/aromatic N) is 3. The molecule has 3 rings (SSSR count). The molecule has 0 aliphatic heterocycles. The molecule has 0 saturated heterocycles. The molecule has 0 saturated carbocycles. The number of carboxylic acid groups (broad SMARTS) is 1. The zero-order valence-electron chi connectivity index (χ0n) is 13.7. The van der Waals surface area contributed by atoms with Crippen LogP contribution in [0.15, 0.2) is 36.7 Å². The summed E-state index contributed by atoms with van der Waals surface area (Å²) in [6.07, 6.45) is 3.12. The van der Waals surface area contributed by atoms with E-state index in [2.05, 4.69) is 25.5 Å².